The van der Waals surface area contributed by atoms with E-state index in [1.54, 1.807) is 0 Å². The van der Waals surface area contributed by atoms with Crippen LogP contribution in [0.1, 0.15) is 228 Å². The lowest BCUT2D eigenvalue weighted by molar-refractivity contribution is -0.122. The van der Waals surface area contributed by atoms with Gasteiger partial charge in [-0.15, -0.1) is 0 Å². The molecule has 306 valence electrons. The largest absolute Gasteiger partial charge is 0.356 e. The average Bonchev–Trinajstić information content (AvgIpc) is 3.14. The molecule has 0 aliphatic rings. The molecular formula is C45H94N4O2. The lowest BCUT2D eigenvalue weighted by Crippen LogP contribution is -2.34. The predicted octanol–water partition coefficient (Wildman–Crippen LogP) is 12.2. The van der Waals surface area contributed by atoms with E-state index in [1.807, 2.05) is 0 Å². The number of rotatable bonds is 39. The van der Waals surface area contributed by atoms with Crippen LogP contribution in [0, 0.1) is 0 Å². The maximum Gasteiger partial charge on any atom is 0.220 e. The van der Waals surface area contributed by atoms with E-state index >= 15 is 0 Å². The van der Waals surface area contributed by atoms with Crippen LogP contribution in [0.5, 0.6) is 0 Å². The van der Waals surface area contributed by atoms with Gasteiger partial charge in [0, 0.05) is 32.5 Å². The Labute approximate surface area is 321 Å². The van der Waals surface area contributed by atoms with Gasteiger partial charge in [0.05, 0.1) is 0 Å². The molecule has 0 spiro atoms. The molecule has 0 aromatic rings. The Morgan fingerprint density at radius 2 is 0.608 bits per heavy atom. The minimum absolute atomic E-state index is 0.232. The second kappa shape index (κ2) is 45.0. The summed E-state index contributed by atoms with van der Waals surface area (Å²) in [6.45, 7) is 21.3. The molecule has 0 saturated heterocycles. The fourth-order valence-electron chi connectivity index (χ4n) is 6.75. The molecule has 0 rings (SSSR count). The first-order chi connectivity index (χ1) is 25.0. The Morgan fingerprint density at radius 3 is 0.922 bits per heavy atom. The number of nitrogens with zero attached hydrogens (tertiary/aromatic N) is 2. The van der Waals surface area contributed by atoms with Gasteiger partial charge in [0.25, 0.3) is 0 Å². The van der Waals surface area contributed by atoms with Gasteiger partial charge < -0.3 is 20.4 Å². The number of hydrogen-bond donors (Lipinski definition) is 2. The summed E-state index contributed by atoms with van der Waals surface area (Å²) < 4.78 is 0. The van der Waals surface area contributed by atoms with Crippen molar-refractivity contribution in [2.24, 2.45) is 0 Å². The van der Waals surface area contributed by atoms with Crippen molar-refractivity contribution in [2.75, 3.05) is 52.4 Å². The first-order valence-corrected chi connectivity index (χ1v) is 23.0. The molecule has 0 saturated carbocycles. The van der Waals surface area contributed by atoms with E-state index in [1.165, 1.54) is 154 Å². The Kier molecular flexibility index (Phi) is 45.9. The van der Waals surface area contributed by atoms with Crippen LogP contribution in [-0.2, 0) is 9.59 Å². The van der Waals surface area contributed by atoms with Gasteiger partial charge in [-0.1, -0.05) is 196 Å². The Morgan fingerprint density at radius 1 is 0.333 bits per heavy atom. The van der Waals surface area contributed by atoms with Gasteiger partial charge in [0.15, 0.2) is 0 Å². The topological polar surface area (TPSA) is 64.7 Å². The molecule has 0 aliphatic carbocycles. The number of unbranched alkanes of at least 4 members (excludes halogenated alkanes) is 24. The summed E-state index contributed by atoms with van der Waals surface area (Å²) in [5.74, 6) is 0.475. The lowest BCUT2D eigenvalue weighted by atomic mass is 10.0. The summed E-state index contributed by atoms with van der Waals surface area (Å²) in [5, 5.41) is 6.11. The van der Waals surface area contributed by atoms with Crippen molar-refractivity contribution in [3.63, 3.8) is 0 Å². The van der Waals surface area contributed by atoms with Crippen LogP contribution in [0.3, 0.4) is 0 Å². The van der Waals surface area contributed by atoms with Crippen molar-refractivity contribution >= 4 is 11.8 Å². The van der Waals surface area contributed by atoms with Crippen molar-refractivity contribution in [2.45, 2.75) is 228 Å². The third-order valence-electron chi connectivity index (χ3n) is 10.5. The molecule has 0 fully saturated rings. The molecule has 0 atom stereocenters. The maximum atomic E-state index is 11.8. The molecule has 0 unspecified atom stereocenters. The van der Waals surface area contributed by atoms with Crippen LogP contribution in [0.25, 0.3) is 0 Å². The van der Waals surface area contributed by atoms with Crippen LogP contribution in [0.15, 0.2) is 0 Å². The highest BCUT2D eigenvalue weighted by atomic mass is 16.2. The Hall–Kier alpha value is -1.14. The highest BCUT2D eigenvalue weighted by molar-refractivity contribution is 5.76. The van der Waals surface area contributed by atoms with Crippen LogP contribution in [0.4, 0.5) is 0 Å². The van der Waals surface area contributed by atoms with Crippen molar-refractivity contribution in [3.05, 3.63) is 0 Å². The lowest BCUT2D eigenvalue weighted by Gasteiger charge is -2.17. The van der Waals surface area contributed by atoms with E-state index in [0.29, 0.717) is 12.8 Å². The van der Waals surface area contributed by atoms with Gasteiger partial charge in [-0.25, -0.2) is 0 Å². The molecule has 6 nitrogen and oxygen atoms in total. The number of hydrogen-bond acceptors (Lipinski definition) is 4. The van der Waals surface area contributed by atoms with Crippen molar-refractivity contribution < 1.29 is 9.59 Å². The van der Waals surface area contributed by atoms with Gasteiger partial charge in [0.2, 0.25) is 11.8 Å². The number of carbonyl (C=O) groups is 2. The zero-order valence-corrected chi connectivity index (χ0v) is 35.9. The summed E-state index contributed by atoms with van der Waals surface area (Å²) in [7, 11) is 0. The zero-order valence-electron chi connectivity index (χ0n) is 35.9. The van der Waals surface area contributed by atoms with E-state index in [4.69, 9.17) is 0 Å². The molecular weight excluding hydrogens is 629 g/mol. The van der Waals surface area contributed by atoms with E-state index in [2.05, 4.69) is 62.0 Å². The highest BCUT2D eigenvalue weighted by Crippen LogP contribution is 2.14. The quantitative estimate of drug-likeness (QED) is 0.0620. The molecule has 2 N–H and O–H groups in total. The molecule has 0 aliphatic heterocycles. The van der Waals surface area contributed by atoms with Gasteiger partial charge in [-0.3, -0.25) is 9.59 Å². The van der Waals surface area contributed by atoms with Crippen LogP contribution >= 0.6 is 0 Å². The summed E-state index contributed by atoms with van der Waals surface area (Å²) in [6.07, 6.45) is 37.7. The predicted molar refractivity (Wildman–Crippen MR) is 227 cm³/mol. The van der Waals surface area contributed by atoms with Gasteiger partial charge in [-0.05, 0) is 52.0 Å². The van der Waals surface area contributed by atoms with Gasteiger partial charge in [-0.2, -0.15) is 0 Å². The van der Waals surface area contributed by atoms with E-state index in [-0.39, 0.29) is 11.8 Å². The van der Waals surface area contributed by atoms with E-state index in [0.717, 1.165) is 71.6 Å². The third kappa shape index (κ3) is 43.2. The number of nitrogens with one attached hydrogen (secondary N) is 2. The minimum atomic E-state index is 0.232. The second-order valence-electron chi connectivity index (χ2n) is 15.1. The normalized spacial score (nSPS) is 11.2. The monoisotopic (exact) mass is 723 g/mol. The molecule has 0 aromatic heterocycles. The molecule has 6 heteroatoms. The summed E-state index contributed by atoms with van der Waals surface area (Å²) in [4.78, 5) is 28.3. The number of likely N-dealkylation sites (N-methyl/N-ethyl adjacent to an activating group) is 1. The number of amides is 2. The fraction of sp³-hybridized carbons (Fsp3) is 0.956. The van der Waals surface area contributed by atoms with E-state index in [9.17, 15) is 9.59 Å². The first-order valence-electron chi connectivity index (χ1n) is 23.0. The highest BCUT2D eigenvalue weighted by Gasteiger charge is 2.04. The number of carbonyl (C=O) groups excluding carboxylic acids is 2. The summed E-state index contributed by atoms with van der Waals surface area (Å²) in [5.41, 5.74) is 0. The van der Waals surface area contributed by atoms with Crippen LogP contribution in [-0.4, -0.2) is 74.0 Å². The molecule has 2 amide bonds. The van der Waals surface area contributed by atoms with Crippen molar-refractivity contribution in [3.8, 4) is 0 Å². The average molecular weight is 723 g/mol. The van der Waals surface area contributed by atoms with Gasteiger partial charge >= 0.3 is 0 Å². The molecule has 51 heavy (non-hydrogen) atoms. The molecule has 0 heterocycles. The van der Waals surface area contributed by atoms with Crippen molar-refractivity contribution in [1.82, 2.24) is 20.4 Å². The first kappa shape index (κ1) is 52.0. The van der Waals surface area contributed by atoms with Crippen LogP contribution < -0.4 is 10.6 Å². The zero-order chi connectivity index (χ0) is 37.9. The molecule has 0 radical (unpaired) electrons. The van der Waals surface area contributed by atoms with Crippen LogP contribution in [0.2, 0.25) is 0 Å². The smallest absolute Gasteiger partial charge is 0.220 e. The fourth-order valence-corrected chi connectivity index (χ4v) is 6.75. The van der Waals surface area contributed by atoms with Crippen molar-refractivity contribution in [1.29, 1.82) is 0 Å². The molecule has 0 aromatic carbocycles. The Bertz CT molecular complexity index is 681. The second-order valence-corrected chi connectivity index (χ2v) is 15.1. The summed E-state index contributed by atoms with van der Waals surface area (Å²) >= 11 is 0. The van der Waals surface area contributed by atoms with Gasteiger partial charge in [0.1, 0.15) is 0 Å². The third-order valence-corrected chi connectivity index (χ3v) is 10.5. The SMILES string of the molecule is CCCCCCCCCCCCCCCC(=O)NCCCN(CC)CC.CCCCCCCCCCCCCCCC(=O)NCCN(CC)CC. The standard InChI is InChI=1S/C23H48N2O.C22H46N2O/c1-4-7-8-9-10-11-12-13-14-15-16-17-18-20-23(26)24-21-19-22-25(5-2)6-3;1-4-7-8-9-10-11-12-13-14-15-16-17-18-19-22(25)23-20-21-24(5-2)6-3/h4-22H2,1-3H3,(H,24,26);4-21H2,1-3H3,(H,23,25). The van der Waals surface area contributed by atoms with E-state index < -0.39 is 0 Å². The minimum Gasteiger partial charge on any atom is -0.356 e. The maximum absolute atomic E-state index is 11.8. The Balaban J connectivity index is 0. The molecule has 0 bridgehead atoms. The summed E-state index contributed by atoms with van der Waals surface area (Å²) in [6, 6.07) is 0.